The van der Waals surface area contributed by atoms with Crippen LogP contribution in [0.25, 0.3) is 11.1 Å². The molecule has 1 aliphatic rings. The average molecular weight is 513 g/mol. The van der Waals surface area contributed by atoms with Gasteiger partial charge >= 0.3 is 12.1 Å². The molecule has 0 spiro atoms. The Bertz CT molecular complexity index is 1090. The molecule has 0 unspecified atom stereocenters. The number of carbonyl (C=O) groups excluding carboxylic acids is 1. The molecule has 2 N–H and O–H groups in total. The van der Waals surface area contributed by atoms with Gasteiger partial charge in [-0.3, -0.25) is 0 Å². The Balaban J connectivity index is 1.40. The second-order valence-corrected chi connectivity index (χ2v) is 8.46. The van der Waals surface area contributed by atoms with Gasteiger partial charge in [0.15, 0.2) is 0 Å². The molecule has 3 aromatic carbocycles. The molecule has 0 bridgehead atoms. The summed E-state index contributed by atoms with van der Waals surface area (Å²) in [5.74, 6) is -1.10. The van der Waals surface area contributed by atoms with Crippen molar-refractivity contribution in [1.29, 1.82) is 0 Å². The van der Waals surface area contributed by atoms with Crippen LogP contribution in [0.5, 0.6) is 0 Å². The third-order valence-electron chi connectivity index (χ3n) is 5.25. The van der Waals surface area contributed by atoms with Gasteiger partial charge in [0.2, 0.25) is 0 Å². The van der Waals surface area contributed by atoms with E-state index in [4.69, 9.17) is 4.74 Å². The zero-order valence-electron chi connectivity index (χ0n) is 16.1. The van der Waals surface area contributed by atoms with Crippen LogP contribution in [0.15, 0.2) is 66.7 Å². The van der Waals surface area contributed by atoms with E-state index < -0.39 is 18.1 Å². The molecule has 4 rings (SSSR count). The van der Waals surface area contributed by atoms with Crippen LogP contribution >= 0.6 is 22.6 Å². The normalized spacial score (nSPS) is 12.6. The summed E-state index contributed by atoms with van der Waals surface area (Å²) < 4.78 is 6.44. The summed E-state index contributed by atoms with van der Waals surface area (Å²) in [5, 5.41) is 12.0. The minimum Gasteiger partial charge on any atom is -0.480 e. The zero-order valence-corrected chi connectivity index (χ0v) is 18.3. The fourth-order valence-corrected chi connectivity index (χ4v) is 4.10. The van der Waals surface area contributed by atoms with Crippen molar-refractivity contribution in [3.8, 4) is 11.1 Å². The number of aliphatic carboxylic acids is 1. The van der Waals surface area contributed by atoms with Gasteiger partial charge in [-0.25, -0.2) is 9.59 Å². The molecule has 0 heterocycles. The fourth-order valence-electron chi connectivity index (χ4n) is 3.74. The summed E-state index contributed by atoms with van der Waals surface area (Å²) in [6, 6.07) is 20.7. The lowest BCUT2D eigenvalue weighted by molar-refractivity contribution is -0.139. The quantitative estimate of drug-likeness (QED) is 0.364. The number of benzene rings is 3. The molecule has 0 fully saturated rings. The first-order chi connectivity index (χ1) is 14.5. The first-order valence-electron chi connectivity index (χ1n) is 9.61. The van der Waals surface area contributed by atoms with Gasteiger partial charge in [0.25, 0.3) is 0 Å². The first kappa shape index (κ1) is 20.4. The Morgan fingerprint density at radius 1 is 1.00 bits per heavy atom. The predicted octanol–water partition coefficient (Wildman–Crippen LogP) is 4.78. The molecular formula is C24H20INO4. The lowest BCUT2D eigenvalue weighted by Gasteiger charge is -2.15. The van der Waals surface area contributed by atoms with Gasteiger partial charge in [0.05, 0.1) is 0 Å². The van der Waals surface area contributed by atoms with Crippen molar-refractivity contribution in [2.45, 2.75) is 25.5 Å². The maximum absolute atomic E-state index is 12.3. The van der Waals surface area contributed by atoms with Crippen molar-refractivity contribution in [1.82, 2.24) is 5.32 Å². The molecule has 152 valence electrons. The third-order valence-corrected chi connectivity index (χ3v) is 5.97. The Morgan fingerprint density at radius 2 is 1.73 bits per heavy atom. The summed E-state index contributed by atoms with van der Waals surface area (Å²) in [7, 11) is 0. The van der Waals surface area contributed by atoms with E-state index in [1.54, 1.807) is 0 Å². The summed E-state index contributed by atoms with van der Waals surface area (Å²) in [5.41, 5.74) is 6.55. The largest absolute Gasteiger partial charge is 0.480 e. The number of fused-ring (bicyclic) bond motifs is 3. The van der Waals surface area contributed by atoms with Crippen LogP contribution in [0, 0.1) is 3.57 Å². The molecule has 0 aliphatic heterocycles. The van der Waals surface area contributed by atoms with Crippen LogP contribution < -0.4 is 5.32 Å². The minimum absolute atomic E-state index is 0.0961. The molecule has 3 aromatic rings. The van der Waals surface area contributed by atoms with Crippen LogP contribution in [0.3, 0.4) is 0 Å². The predicted molar refractivity (Wildman–Crippen MR) is 122 cm³/mol. The molecule has 0 saturated heterocycles. The van der Waals surface area contributed by atoms with Crippen LogP contribution in [-0.4, -0.2) is 23.2 Å². The standard InChI is InChI=1S/C24H20INO4/c25-18-10-8-15(9-11-18)12-22(23(27)28)26-24(29)30-14-17-5-3-7-20-19-6-2-1-4-16(19)13-21(17)20/h1-11,22H,12-14H2,(H,26,29)(H,27,28)/t22-/m0/s1. The van der Waals surface area contributed by atoms with E-state index in [-0.39, 0.29) is 13.0 Å². The summed E-state index contributed by atoms with van der Waals surface area (Å²) in [6.07, 6.45) is 0.259. The van der Waals surface area contributed by atoms with Crippen molar-refractivity contribution in [2.24, 2.45) is 0 Å². The monoisotopic (exact) mass is 513 g/mol. The van der Waals surface area contributed by atoms with E-state index in [1.807, 2.05) is 48.5 Å². The lowest BCUT2D eigenvalue weighted by atomic mass is 10.0. The number of hydrogen-bond donors (Lipinski definition) is 2. The topological polar surface area (TPSA) is 75.6 Å². The number of nitrogens with one attached hydrogen (secondary N) is 1. The van der Waals surface area contributed by atoms with Crippen LogP contribution in [0.1, 0.15) is 22.3 Å². The second-order valence-electron chi connectivity index (χ2n) is 7.22. The molecule has 0 aromatic heterocycles. The summed E-state index contributed by atoms with van der Waals surface area (Å²) >= 11 is 2.19. The third kappa shape index (κ3) is 4.48. The van der Waals surface area contributed by atoms with Gasteiger partial charge in [-0.05, 0) is 74.5 Å². The van der Waals surface area contributed by atoms with Crippen molar-refractivity contribution in [2.75, 3.05) is 0 Å². The number of carboxylic acids is 1. The smallest absolute Gasteiger partial charge is 0.408 e. The van der Waals surface area contributed by atoms with Gasteiger partial charge in [0, 0.05) is 9.99 Å². The Morgan fingerprint density at radius 3 is 2.50 bits per heavy atom. The van der Waals surface area contributed by atoms with E-state index in [1.165, 1.54) is 11.1 Å². The van der Waals surface area contributed by atoms with E-state index in [0.29, 0.717) is 0 Å². The van der Waals surface area contributed by atoms with Gasteiger partial charge in [0.1, 0.15) is 12.6 Å². The number of halogens is 1. The summed E-state index contributed by atoms with van der Waals surface area (Å²) in [4.78, 5) is 23.9. The number of alkyl carbamates (subject to hydrolysis) is 1. The lowest BCUT2D eigenvalue weighted by Crippen LogP contribution is -2.42. The van der Waals surface area contributed by atoms with E-state index >= 15 is 0 Å². The number of carbonyl (C=O) groups is 2. The van der Waals surface area contributed by atoms with E-state index in [9.17, 15) is 14.7 Å². The Kier molecular flexibility index (Phi) is 6.03. The number of carboxylic acid groups (broad SMARTS) is 1. The van der Waals surface area contributed by atoms with Crippen molar-refractivity contribution >= 4 is 34.7 Å². The van der Waals surface area contributed by atoms with Gasteiger partial charge < -0.3 is 15.2 Å². The number of rotatable bonds is 6. The zero-order chi connectivity index (χ0) is 21.1. The SMILES string of the molecule is O=C(N[C@@H](Cc1ccc(I)cc1)C(=O)O)OCc1cccc2c1Cc1ccccc1-2. The van der Waals surface area contributed by atoms with Gasteiger partial charge in [-0.1, -0.05) is 54.6 Å². The molecule has 0 radical (unpaired) electrons. The highest BCUT2D eigenvalue weighted by molar-refractivity contribution is 14.1. The minimum atomic E-state index is -1.10. The van der Waals surface area contributed by atoms with Crippen molar-refractivity contribution in [3.05, 3.63) is 92.6 Å². The van der Waals surface area contributed by atoms with Crippen LogP contribution in [0.4, 0.5) is 4.79 Å². The van der Waals surface area contributed by atoms with Gasteiger partial charge in [-0.15, -0.1) is 0 Å². The molecule has 6 heteroatoms. The average Bonchev–Trinajstić information content (AvgIpc) is 3.12. The van der Waals surface area contributed by atoms with Crippen LogP contribution in [0.2, 0.25) is 0 Å². The van der Waals surface area contributed by atoms with Crippen molar-refractivity contribution < 1.29 is 19.4 Å². The molecule has 5 nitrogen and oxygen atoms in total. The molecule has 0 saturated carbocycles. The van der Waals surface area contributed by atoms with Crippen LogP contribution in [-0.2, 0) is 29.0 Å². The fraction of sp³-hybridized carbons (Fsp3) is 0.167. The molecule has 1 amide bonds. The first-order valence-corrected chi connectivity index (χ1v) is 10.7. The maximum Gasteiger partial charge on any atom is 0.408 e. The maximum atomic E-state index is 12.3. The molecule has 1 atom stereocenters. The molecular weight excluding hydrogens is 493 g/mol. The second kappa shape index (κ2) is 8.87. The van der Waals surface area contributed by atoms with E-state index in [2.05, 4.69) is 46.1 Å². The highest BCUT2D eigenvalue weighted by atomic mass is 127. The number of ether oxygens (including phenoxy) is 1. The summed E-state index contributed by atoms with van der Waals surface area (Å²) in [6.45, 7) is 0.0961. The van der Waals surface area contributed by atoms with Gasteiger partial charge in [-0.2, -0.15) is 0 Å². The molecule has 1 aliphatic carbocycles. The van der Waals surface area contributed by atoms with Crippen molar-refractivity contribution in [3.63, 3.8) is 0 Å². The Hall–Kier alpha value is -2.87. The van der Waals surface area contributed by atoms with E-state index in [0.717, 1.165) is 32.2 Å². The highest BCUT2D eigenvalue weighted by Gasteiger charge is 2.23. The Labute approximate surface area is 188 Å². The highest BCUT2D eigenvalue weighted by Crippen LogP contribution is 2.38. The molecule has 30 heavy (non-hydrogen) atoms. The number of hydrogen-bond acceptors (Lipinski definition) is 3. The number of amides is 1.